The number of hydrogen-bond donors (Lipinski definition) is 1. The third kappa shape index (κ3) is 2.11. The molecule has 0 radical (unpaired) electrons. The Balaban J connectivity index is 2.02. The average Bonchev–Trinajstić information content (AvgIpc) is 2.72. The first-order chi connectivity index (χ1) is 6.77. The van der Waals surface area contributed by atoms with Crippen molar-refractivity contribution in [2.45, 2.75) is 13.5 Å². The van der Waals surface area contributed by atoms with Crippen LogP contribution in [-0.2, 0) is 6.54 Å². The lowest BCUT2D eigenvalue weighted by Gasteiger charge is -2.03. The normalized spacial score (nSPS) is 10.4. The van der Waals surface area contributed by atoms with Gasteiger partial charge in [-0.3, -0.25) is 0 Å². The summed E-state index contributed by atoms with van der Waals surface area (Å²) in [5.74, 6) is 0. The molecule has 0 saturated heterocycles. The molecule has 0 aliphatic rings. The summed E-state index contributed by atoms with van der Waals surface area (Å²) < 4.78 is 0. The van der Waals surface area contributed by atoms with E-state index in [0.29, 0.717) is 0 Å². The minimum atomic E-state index is 0.814. The molecular weight excluding hydrogens is 234 g/mol. The maximum Gasteiger partial charge on any atom is 0.0563 e. The van der Waals surface area contributed by atoms with Gasteiger partial charge in [0.2, 0.25) is 0 Å². The molecule has 4 heteroatoms. The van der Waals surface area contributed by atoms with Crippen LogP contribution >= 0.6 is 34.3 Å². The van der Waals surface area contributed by atoms with Crippen molar-refractivity contribution in [2.75, 3.05) is 5.32 Å². The number of halogens is 1. The zero-order chi connectivity index (χ0) is 9.97. The molecule has 0 aliphatic carbocycles. The molecule has 1 N–H and O–H groups in total. The minimum Gasteiger partial charge on any atom is -0.379 e. The van der Waals surface area contributed by atoms with Crippen molar-refractivity contribution >= 4 is 40.0 Å². The van der Waals surface area contributed by atoms with Gasteiger partial charge >= 0.3 is 0 Å². The van der Waals surface area contributed by atoms with E-state index in [1.165, 1.54) is 16.1 Å². The molecule has 14 heavy (non-hydrogen) atoms. The average molecular weight is 244 g/mol. The molecular formula is C10H10ClNS2. The Hall–Kier alpha value is -0.510. The van der Waals surface area contributed by atoms with Crippen molar-refractivity contribution < 1.29 is 0 Å². The van der Waals surface area contributed by atoms with E-state index in [0.717, 1.165) is 11.6 Å². The van der Waals surface area contributed by atoms with Crippen LogP contribution in [0.5, 0.6) is 0 Å². The zero-order valence-electron chi connectivity index (χ0n) is 7.71. The van der Waals surface area contributed by atoms with Crippen LogP contribution in [0.4, 0.5) is 5.69 Å². The van der Waals surface area contributed by atoms with Gasteiger partial charge in [-0.15, -0.1) is 22.7 Å². The Labute approximate surface area is 96.4 Å². The van der Waals surface area contributed by atoms with Crippen LogP contribution in [0, 0.1) is 6.92 Å². The predicted molar refractivity (Wildman–Crippen MR) is 65.7 cm³/mol. The van der Waals surface area contributed by atoms with Crippen LogP contribution in [-0.4, -0.2) is 0 Å². The van der Waals surface area contributed by atoms with Crippen LogP contribution in [0.1, 0.15) is 10.4 Å². The van der Waals surface area contributed by atoms with E-state index in [1.807, 2.05) is 11.4 Å². The fourth-order valence-corrected chi connectivity index (χ4v) is 3.02. The first-order valence-corrected chi connectivity index (χ1v) is 6.46. The molecule has 0 aliphatic heterocycles. The number of aryl methyl sites for hydroxylation is 1. The second kappa shape index (κ2) is 4.34. The van der Waals surface area contributed by atoms with Crippen molar-refractivity contribution in [1.29, 1.82) is 0 Å². The SMILES string of the molecule is Cc1cscc1NCc1sccc1Cl. The maximum atomic E-state index is 5.99. The first kappa shape index (κ1) is 10.0. The van der Waals surface area contributed by atoms with Crippen molar-refractivity contribution in [3.05, 3.63) is 37.7 Å². The number of anilines is 1. The third-order valence-corrected chi connectivity index (χ3v) is 4.23. The summed E-state index contributed by atoms with van der Waals surface area (Å²) in [5.41, 5.74) is 2.50. The molecule has 0 fully saturated rings. The smallest absolute Gasteiger partial charge is 0.0563 e. The Morgan fingerprint density at radius 2 is 2.29 bits per heavy atom. The molecule has 74 valence electrons. The highest BCUT2D eigenvalue weighted by Crippen LogP contribution is 2.25. The predicted octanol–water partition coefficient (Wildman–Crippen LogP) is 4.38. The standard InChI is InChI=1S/C10H10ClNS2/c1-7-5-13-6-9(7)12-4-10-8(11)2-3-14-10/h2-3,5-6,12H,4H2,1H3. The highest BCUT2D eigenvalue weighted by Gasteiger charge is 2.02. The number of thiophene rings is 2. The summed E-state index contributed by atoms with van der Waals surface area (Å²) >= 11 is 9.39. The van der Waals surface area contributed by atoms with E-state index in [1.54, 1.807) is 22.7 Å². The summed E-state index contributed by atoms with van der Waals surface area (Å²) in [5, 5.41) is 10.5. The Kier molecular flexibility index (Phi) is 3.11. The van der Waals surface area contributed by atoms with Crippen molar-refractivity contribution in [1.82, 2.24) is 0 Å². The molecule has 1 nitrogen and oxygen atoms in total. The summed E-state index contributed by atoms with van der Waals surface area (Å²) in [6.07, 6.45) is 0. The van der Waals surface area contributed by atoms with Crippen molar-refractivity contribution in [3.8, 4) is 0 Å². The van der Waals surface area contributed by atoms with Gasteiger partial charge in [-0.05, 0) is 29.3 Å². The van der Waals surface area contributed by atoms with Gasteiger partial charge in [0.05, 0.1) is 11.6 Å². The van der Waals surface area contributed by atoms with Crippen LogP contribution in [0.3, 0.4) is 0 Å². The molecule has 0 aromatic carbocycles. The first-order valence-electron chi connectivity index (χ1n) is 4.26. The van der Waals surface area contributed by atoms with Gasteiger partial charge in [0.1, 0.15) is 0 Å². The maximum absolute atomic E-state index is 5.99. The highest BCUT2D eigenvalue weighted by atomic mass is 35.5. The van der Waals surface area contributed by atoms with E-state index >= 15 is 0 Å². The lowest BCUT2D eigenvalue weighted by Crippen LogP contribution is -1.97. The lowest BCUT2D eigenvalue weighted by atomic mass is 10.3. The second-order valence-corrected chi connectivity index (χ2v) is 5.17. The van der Waals surface area contributed by atoms with E-state index in [2.05, 4.69) is 23.0 Å². The second-order valence-electron chi connectivity index (χ2n) is 3.01. The zero-order valence-corrected chi connectivity index (χ0v) is 10.1. The third-order valence-electron chi connectivity index (χ3n) is 1.99. The summed E-state index contributed by atoms with van der Waals surface area (Å²) in [6, 6.07) is 1.93. The number of nitrogens with one attached hydrogen (secondary N) is 1. The number of hydrogen-bond acceptors (Lipinski definition) is 3. The molecule has 0 spiro atoms. The van der Waals surface area contributed by atoms with Gasteiger partial charge < -0.3 is 5.32 Å². The fraction of sp³-hybridized carbons (Fsp3) is 0.200. The van der Waals surface area contributed by atoms with Crippen molar-refractivity contribution in [2.24, 2.45) is 0 Å². The molecule has 2 heterocycles. The largest absolute Gasteiger partial charge is 0.379 e. The molecule has 0 saturated carbocycles. The van der Waals surface area contributed by atoms with Crippen LogP contribution < -0.4 is 5.32 Å². The van der Waals surface area contributed by atoms with Gasteiger partial charge in [-0.2, -0.15) is 0 Å². The fourth-order valence-electron chi connectivity index (χ4n) is 1.17. The monoisotopic (exact) mass is 243 g/mol. The molecule has 0 amide bonds. The molecule has 2 aromatic rings. The Bertz CT molecular complexity index is 379. The summed E-state index contributed by atoms with van der Waals surface area (Å²) in [6.45, 7) is 2.92. The molecule has 2 rings (SSSR count). The van der Waals surface area contributed by atoms with Gasteiger partial charge in [-0.25, -0.2) is 0 Å². The van der Waals surface area contributed by atoms with Gasteiger partial charge in [0, 0.05) is 15.9 Å². The Morgan fingerprint density at radius 3 is 2.86 bits per heavy atom. The summed E-state index contributed by atoms with van der Waals surface area (Å²) in [7, 11) is 0. The van der Waals surface area contributed by atoms with E-state index in [-0.39, 0.29) is 0 Å². The summed E-state index contributed by atoms with van der Waals surface area (Å²) in [4.78, 5) is 1.19. The molecule has 0 bridgehead atoms. The van der Waals surface area contributed by atoms with Crippen LogP contribution in [0.2, 0.25) is 5.02 Å². The molecule has 0 atom stereocenters. The van der Waals surface area contributed by atoms with Crippen LogP contribution in [0.15, 0.2) is 22.2 Å². The van der Waals surface area contributed by atoms with E-state index in [4.69, 9.17) is 11.6 Å². The highest BCUT2D eigenvalue weighted by molar-refractivity contribution is 7.10. The molecule has 0 unspecified atom stereocenters. The molecule has 2 aromatic heterocycles. The van der Waals surface area contributed by atoms with E-state index in [9.17, 15) is 0 Å². The Morgan fingerprint density at radius 1 is 1.43 bits per heavy atom. The number of rotatable bonds is 3. The van der Waals surface area contributed by atoms with Gasteiger partial charge in [0.25, 0.3) is 0 Å². The van der Waals surface area contributed by atoms with Crippen molar-refractivity contribution in [3.63, 3.8) is 0 Å². The minimum absolute atomic E-state index is 0.814. The van der Waals surface area contributed by atoms with Crippen LogP contribution in [0.25, 0.3) is 0 Å². The quantitative estimate of drug-likeness (QED) is 0.844. The lowest BCUT2D eigenvalue weighted by molar-refractivity contribution is 1.19. The van der Waals surface area contributed by atoms with E-state index < -0.39 is 0 Å². The van der Waals surface area contributed by atoms with Gasteiger partial charge in [0.15, 0.2) is 0 Å². The van der Waals surface area contributed by atoms with Gasteiger partial charge in [-0.1, -0.05) is 11.6 Å². The topological polar surface area (TPSA) is 12.0 Å².